The van der Waals surface area contributed by atoms with Crippen LogP contribution in [0.5, 0.6) is 0 Å². The Hall–Kier alpha value is -1.26. The summed E-state index contributed by atoms with van der Waals surface area (Å²) >= 11 is 12.0. The Morgan fingerprint density at radius 3 is 2.80 bits per heavy atom. The van der Waals surface area contributed by atoms with Crippen LogP contribution in [-0.4, -0.2) is 29.9 Å². The molecule has 0 bridgehead atoms. The lowest BCUT2D eigenvalue weighted by Gasteiger charge is -2.28. The fourth-order valence-electron chi connectivity index (χ4n) is 2.36. The Morgan fingerprint density at radius 1 is 1.35 bits per heavy atom. The number of rotatable bonds is 2. The van der Waals surface area contributed by atoms with Gasteiger partial charge in [0.25, 0.3) is 0 Å². The molecule has 20 heavy (non-hydrogen) atoms. The van der Waals surface area contributed by atoms with E-state index in [2.05, 4.69) is 10.3 Å². The van der Waals surface area contributed by atoms with Gasteiger partial charge < -0.3 is 5.32 Å². The van der Waals surface area contributed by atoms with E-state index in [-0.39, 0.29) is 11.8 Å². The Bertz CT molecular complexity index is 570. The molecule has 0 atom stereocenters. The topological polar surface area (TPSA) is 44.7 Å². The van der Waals surface area contributed by atoms with Gasteiger partial charge in [-0.25, -0.2) is 4.99 Å². The van der Waals surface area contributed by atoms with Crippen molar-refractivity contribution in [1.29, 1.82) is 0 Å². The summed E-state index contributed by atoms with van der Waals surface area (Å²) in [6.07, 6.45) is 3.13. The van der Waals surface area contributed by atoms with E-state index in [0.29, 0.717) is 28.2 Å². The highest BCUT2D eigenvalue weighted by atomic mass is 35.5. The fourth-order valence-corrected chi connectivity index (χ4v) is 2.81. The largest absolute Gasteiger partial charge is 0.354 e. The van der Waals surface area contributed by atoms with Crippen LogP contribution in [0, 0.1) is 5.92 Å². The summed E-state index contributed by atoms with van der Waals surface area (Å²) in [5.74, 6) is 0.928. The minimum atomic E-state index is 0.167. The maximum Gasteiger partial charge on any atom is 0.232 e. The van der Waals surface area contributed by atoms with Gasteiger partial charge >= 0.3 is 0 Å². The molecule has 1 saturated carbocycles. The summed E-state index contributed by atoms with van der Waals surface area (Å²) in [7, 11) is 0. The Balaban J connectivity index is 1.83. The van der Waals surface area contributed by atoms with Gasteiger partial charge in [-0.3, -0.25) is 9.69 Å². The zero-order valence-electron chi connectivity index (χ0n) is 10.9. The van der Waals surface area contributed by atoms with Crippen molar-refractivity contribution >= 4 is 40.8 Å². The van der Waals surface area contributed by atoms with E-state index < -0.39 is 0 Å². The fraction of sp³-hybridized carbons (Fsp3) is 0.429. The lowest BCUT2D eigenvalue weighted by molar-refractivity contribution is -0.133. The number of benzene rings is 1. The quantitative estimate of drug-likeness (QED) is 0.911. The van der Waals surface area contributed by atoms with Gasteiger partial charge in [-0.1, -0.05) is 29.6 Å². The molecule has 0 unspecified atom stereocenters. The number of amides is 1. The number of halogens is 2. The summed E-state index contributed by atoms with van der Waals surface area (Å²) in [4.78, 5) is 18.5. The molecular weight excluding hydrogens is 297 g/mol. The van der Waals surface area contributed by atoms with Crippen molar-refractivity contribution < 1.29 is 4.79 Å². The lowest BCUT2D eigenvalue weighted by Crippen LogP contribution is -2.41. The molecule has 1 amide bonds. The molecule has 1 aromatic carbocycles. The van der Waals surface area contributed by atoms with Gasteiger partial charge in [0.15, 0.2) is 0 Å². The van der Waals surface area contributed by atoms with Gasteiger partial charge in [0.2, 0.25) is 11.9 Å². The predicted molar refractivity (Wildman–Crippen MR) is 80.6 cm³/mol. The zero-order valence-corrected chi connectivity index (χ0v) is 12.4. The van der Waals surface area contributed by atoms with Crippen molar-refractivity contribution in [1.82, 2.24) is 10.2 Å². The average molecular weight is 312 g/mol. The van der Waals surface area contributed by atoms with E-state index in [4.69, 9.17) is 23.2 Å². The van der Waals surface area contributed by atoms with Crippen LogP contribution in [0.3, 0.4) is 0 Å². The van der Waals surface area contributed by atoms with Crippen molar-refractivity contribution in [3.63, 3.8) is 0 Å². The molecule has 2 aliphatic rings. The first-order valence-electron chi connectivity index (χ1n) is 6.74. The predicted octanol–water partition coefficient (Wildman–Crippen LogP) is 3.21. The molecule has 3 rings (SSSR count). The summed E-state index contributed by atoms with van der Waals surface area (Å²) in [5.41, 5.74) is 0.617. The Labute approximate surface area is 127 Å². The molecule has 1 aromatic rings. The Morgan fingerprint density at radius 2 is 2.15 bits per heavy atom. The van der Waals surface area contributed by atoms with Crippen molar-refractivity contribution in [3.05, 3.63) is 28.2 Å². The van der Waals surface area contributed by atoms with Gasteiger partial charge in [0, 0.05) is 24.0 Å². The molecule has 1 aliphatic heterocycles. The minimum Gasteiger partial charge on any atom is -0.354 e. The van der Waals surface area contributed by atoms with Crippen LogP contribution < -0.4 is 5.32 Å². The second-order valence-electron chi connectivity index (χ2n) is 5.08. The van der Waals surface area contributed by atoms with E-state index >= 15 is 0 Å². The summed E-state index contributed by atoms with van der Waals surface area (Å²) < 4.78 is 0. The number of aliphatic imine (C=N–C) groups is 1. The average Bonchev–Trinajstić information content (AvgIpc) is 2.78. The van der Waals surface area contributed by atoms with E-state index in [1.165, 1.54) is 0 Å². The van der Waals surface area contributed by atoms with Gasteiger partial charge in [-0.05, 0) is 31.0 Å². The zero-order chi connectivity index (χ0) is 14.1. The highest BCUT2D eigenvalue weighted by Gasteiger charge is 2.33. The number of hydrogen-bond donors (Lipinski definition) is 1. The molecule has 106 valence electrons. The SMILES string of the molecule is O=C(C1CCC1)N1CCN/C1=N\c1ccc(Cl)cc1Cl. The third-order valence-electron chi connectivity index (χ3n) is 3.73. The summed E-state index contributed by atoms with van der Waals surface area (Å²) in [6, 6.07) is 5.14. The molecule has 1 N–H and O–H groups in total. The van der Waals surface area contributed by atoms with Crippen LogP contribution in [0.25, 0.3) is 0 Å². The highest BCUT2D eigenvalue weighted by Crippen LogP contribution is 2.30. The van der Waals surface area contributed by atoms with Crippen LogP contribution >= 0.6 is 23.2 Å². The van der Waals surface area contributed by atoms with Crippen LogP contribution in [-0.2, 0) is 4.79 Å². The lowest BCUT2D eigenvalue weighted by atomic mass is 9.84. The smallest absolute Gasteiger partial charge is 0.232 e. The molecule has 1 heterocycles. The molecule has 0 radical (unpaired) electrons. The number of nitrogens with zero attached hydrogens (tertiary/aromatic N) is 2. The van der Waals surface area contributed by atoms with Gasteiger partial charge in [0.05, 0.1) is 10.7 Å². The maximum atomic E-state index is 12.3. The Kier molecular flexibility index (Phi) is 3.85. The van der Waals surface area contributed by atoms with Crippen LogP contribution in [0.1, 0.15) is 19.3 Å². The van der Waals surface area contributed by atoms with Crippen molar-refractivity contribution in [2.24, 2.45) is 10.9 Å². The number of carbonyl (C=O) groups is 1. The maximum absolute atomic E-state index is 12.3. The van der Waals surface area contributed by atoms with E-state index in [0.717, 1.165) is 25.8 Å². The summed E-state index contributed by atoms with van der Waals surface area (Å²) in [6.45, 7) is 1.39. The minimum absolute atomic E-state index is 0.167. The van der Waals surface area contributed by atoms with Crippen molar-refractivity contribution in [3.8, 4) is 0 Å². The van der Waals surface area contributed by atoms with Crippen LogP contribution in [0.2, 0.25) is 10.0 Å². The van der Waals surface area contributed by atoms with E-state index in [9.17, 15) is 4.79 Å². The molecule has 6 heteroatoms. The van der Waals surface area contributed by atoms with Crippen molar-refractivity contribution in [2.75, 3.05) is 13.1 Å². The molecular formula is C14H15Cl2N3O. The van der Waals surface area contributed by atoms with E-state index in [1.54, 1.807) is 23.1 Å². The number of hydrogen-bond acceptors (Lipinski definition) is 2. The third kappa shape index (κ3) is 2.63. The van der Waals surface area contributed by atoms with Crippen LogP contribution in [0.15, 0.2) is 23.2 Å². The highest BCUT2D eigenvalue weighted by molar-refractivity contribution is 6.36. The number of nitrogens with one attached hydrogen (secondary N) is 1. The first kappa shape index (κ1) is 13.7. The molecule has 1 saturated heterocycles. The summed E-state index contributed by atoms with van der Waals surface area (Å²) in [5, 5.41) is 4.20. The second-order valence-corrected chi connectivity index (χ2v) is 5.92. The molecule has 1 aliphatic carbocycles. The molecule has 0 aromatic heterocycles. The standard InChI is InChI=1S/C14H15Cl2N3O/c15-10-4-5-12(11(16)8-10)18-14-17-6-7-19(14)13(20)9-2-1-3-9/h4-5,8-9H,1-3,6-7H2,(H,17,18). The van der Waals surface area contributed by atoms with Crippen molar-refractivity contribution in [2.45, 2.75) is 19.3 Å². The van der Waals surface area contributed by atoms with Gasteiger partial charge in [-0.2, -0.15) is 0 Å². The normalized spacial score (nSPS) is 20.9. The van der Waals surface area contributed by atoms with Gasteiger partial charge in [0.1, 0.15) is 0 Å². The van der Waals surface area contributed by atoms with Gasteiger partial charge in [-0.15, -0.1) is 0 Å². The number of carbonyl (C=O) groups excluding carboxylic acids is 1. The third-order valence-corrected chi connectivity index (χ3v) is 4.27. The molecule has 4 nitrogen and oxygen atoms in total. The monoisotopic (exact) mass is 311 g/mol. The first-order chi connectivity index (χ1) is 9.65. The first-order valence-corrected chi connectivity index (χ1v) is 7.50. The number of guanidine groups is 1. The molecule has 2 fully saturated rings. The van der Waals surface area contributed by atoms with E-state index in [1.807, 2.05) is 0 Å². The molecule has 0 spiro atoms. The second kappa shape index (κ2) is 5.62. The van der Waals surface area contributed by atoms with Crippen LogP contribution in [0.4, 0.5) is 5.69 Å².